The minimum atomic E-state index is -0.388. The first-order chi connectivity index (χ1) is 9.17. The maximum absolute atomic E-state index is 11.7. The van der Waals surface area contributed by atoms with Gasteiger partial charge in [-0.3, -0.25) is 4.79 Å². The Labute approximate surface area is 118 Å². The molecule has 0 radical (unpaired) electrons. The predicted octanol–water partition coefficient (Wildman–Crippen LogP) is 2.36. The van der Waals surface area contributed by atoms with Crippen LogP contribution in [0.15, 0.2) is 36.0 Å². The molecule has 2 N–H and O–H groups in total. The predicted molar refractivity (Wildman–Crippen MR) is 75.3 cm³/mol. The Kier molecular flexibility index (Phi) is 6.48. The highest BCUT2D eigenvalue weighted by Gasteiger charge is 2.07. The maximum Gasteiger partial charge on any atom is 0.263 e. The van der Waals surface area contributed by atoms with E-state index in [1.165, 1.54) is 6.20 Å². The van der Waals surface area contributed by atoms with Crippen molar-refractivity contribution in [3.05, 3.63) is 46.6 Å². The van der Waals surface area contributed by atoms with Gasteiger partial charge in [0.15, 0.2) is 0 Å². The first-order valence-corrected chi connectivity index (χ1v) is 6.41. The summed E-state index contributed by atoms with van der Waals surface area (Å²) < 4.78 is 0. The molecule has 0 unspecified atom stereocenters. The summed E-state index contributed by atoms with van der Waals surface area (Å²) in [7, 11) is 0. The fourth-order valence-electron chi connectivity index (χ4n) is 1.35. The van der Waals surface area contributed by atoms with Crippen LogP contribution in [0.4, 0.5) is 0 Å². The van der Waals surface area contributed by atoms with Crippen molar-refractivity contribution in [2.75, 3.05) is 6.54 Å². The fraction of sp³-hybridized carbons (Fsp3) is 0.286. The van der Waals surface area contributed by atoms with E-state index in [0.29, 0.717) is 11.6 Å². The number of halogens is 1. The van der Waals surface area contributed by atoms with Crippen molar-refractivity contribution in [3.8, 4) is 6.07 Å². The standard InChI is InChI=1S/C14H16ClN3O/c1-2-7-17-10-12(8-16)14(19)18-9-11-3-5-13(15)6-4-11/h3-6,10,17H,2,7,9H2,1H3,(H,18,19)/b12-10-. The Hall–Kier alpha value is -1.99. The minimum Gasteiger partial charge on any atom is -0.390 e. The first kappa shape index (κ1) is 15.1. The largest absolute Gasteiger partial charge is 0.390 e. The quantitative estimate of drug-likeness (QED) is 0.477. The molecular weight excluding hydrogens is 262 g/mol. The van der Waals surface area contributed by atoms with E-state index in [-0.39, 0.29) is 11.5 Å². The summed E-state index contributed by atoms with van der Waals surface area (Å²) in [5.74, 6) is -0.388. The Balaban J connectivity index is 2.51. The van der Waals surface area contributed by atoms with E-state index in [9.17, 15) is 4.79 Å². The van der Waals surface area contributed by atoms with Gasteiger partial charge in [0.2, 0.25) is 0 Å². The van der Waals surface area contributed by atoms with Gasteiger partial charge in [0.05, 0.1) is 0 Å². The zero-order valence-corrected chi connectivity index (χ0v) is 11.5. The number of benzene rings is 1. The van der Waals surface area contributed by atoms with E-state index in [1.807, 2.05) is 25.1 Å². The second kappa shape index (κ2) is 8.17. The van der Waals surface area contributed by atoms with Crippen molar-refractivity contribution >= 4 is 17.5 Å². The van der Waals surface area contributed by atoms with Gasteiger partial charge in [0, 0.05) is 24.3 Å². The number of nitriles is 1. The Morgan fingerprint density at radius 1 is 1.42 bits per heavy atom. The molecule has 0 aliphatic heterocycles. The number of rotatable bonds is 6. The molecule has 0 aromatic heterocycles. The lowest BCUT2D eigenvalue weighted by molar-refractivity contribution is -0.117. The first-order valence-electron chi connectivity index (χ1n) is 6.03. The lowest BCUT2D eigenvalue weighted by Gasteiger charge is -2.05. The van der Waals surface area contributed by atoms with Crippen LogP contribution >= 0.6 is 11.6 Å². The summed E-state index contributed by atoms with van der Waals surface area (Å²) in [6, 6.07) is 9.04. The normalized spacial score (nSPS) is 10.7. The molecule has 0 saturated heterocycles. The molecule has 1 aromatic rings. The average molecular weight is 278 g/mol. The van der Waals surface area contributed by atoms with Gasteiger partial charge in [-0.25, -0.2) is 0 Å². The Morgan fingerprint density at radius 3 is 2.68 bits per heavy atom. The lowest BCUT2D eigenvalue weighted by atomic mass is 10.2. The Bertz CT molecular complexity index is 488. The van der Waals surface area contributed by atoms with Gasteiger partial charge in [0.1, 0.15) is 11.6 Å². The topological polar surface area (TPSA) is 64.9 Å². The molecule has 0 heterocycles. The van der Waals surface area contributed by atoms with Crippen LogP contribution in [-0.4, -0.2) is 12.5 Å². The van der Waals surface area contributed by atoms with Crippen molar-refractivity contribution in [1.29, 1.82) is 5.26 Å². The third-order valence-corrected chi connectivity index (χ3v) is 2.62. The highest BCUT2D eigenvalue weighted by molar-refractivity contribution is 6.30. The summed E-state index contributed by atoms with van der Waals surface area (Å²) in [5, 5.41) is 15.1. The van der Waals surface area contributed by atoms with Crippen molar-refractivity contribution in [1.82, 2.24) is 10.6 Å². The average Bonchev–Trinajstić information content (AvgIpc) is 2.43. The summed E-state index contributed by atoms with van der Waals surface area (Å²) in [6.07, 6.45) is 2.38. The van der Waals surface area contributed by atoms with E-state index in [2.05, 4.69) is 10.6 Å². The second-order valence-electron chi connectivity index (χ2n) is 3.93. The highest BCUT2D eigenvalue weighted by atomic mass is 35.5. The fourth-order valence-corrected chi connectivity index (χ4v) is 1.47. The molecule has 0 fully saturated rings. The molecule has 0 bridgehead atoms. The molecule has 0 spiro atoms. The third-order valence-electron chi connectivity index (χ3n) is 2.37. The molecule has 1 aromatic carbocycles. The van der Waals surface area contributed by atoms with E-state index >= 15 is 0 Å². The van der Waals surface area contributed by atoms with Gasteiger partial charge >= 0.3 is 0 Å². The lowest BCUT2D eigenvalue weighted by Crippen LogP contribution is -2.25. The van der Waals surface area contributed by atoms with Crippen molar-refractivity contribution < 1.29 is 4.79 Å². The number of hydrogen-bond donors (Lipinski definition) is 2. The zero-order chi connectivity index (χ0) is 14.1. The van der Waals surface area contributed by atoms with Crippen LogP contribution < -0.4 is 10.6 Å². The number of carbonyl (C=O) groups excluding carboxylic acids is 1. The van der Waals surface area contributed by atoms with Crippen LogP contribution in [0.25, 0.3) is 0 Å². The molecule has 5 heteroatoms. The van der Waals surface area contributed by atoms with E-state index in [4.69, 9.17) is 16.9 Å². The van der Waals surface area contributed by atoms with Gasteiger partial charge in [-0.05, 0) is 24.1 Å². The molecule has 0 saturated carbocycles. The molecule has 1 rings (SSSR count). The summed E-state index contributed by atoms with van der Waals surface area (Å²) >= 11 is 5.77. The van der Waals surface area contributed by atoms with Gasteiger partial charge in [-0.1, -0.05) is 30.7 Å². The smallest absolute Gasteiger partial charge is 0.263 e. The van der Waals surface area contributed by atoms with Gasteiger partial charge in [0.25, 0.3) is 5.91 Å². The van der Waals surface area contributed by atoms with Crippen LogP contribution in [0.5, 0.6) is 0 Å². The van der Waals surface area contributed by atoms with Crippen molar-refractivity contribution in [2.45, 2.75) is 19.9 Å². The zero-order valence-electron chi connectivity index (χ0n) is 10.7. The molecule has 1 amide bonds. The Morgan fingerprint density at radius 2 is 2.11 bits per heavy atom. The number of hydrogen-bond acceptors (Lipinski definition) is 3. The SMILES string of the molecule is CCCN/C=C(/C#N)C(=O)NCc1ccc(Cl)cc1. The van der Waals surface area contributed by atoms with E-state index in [1.54, 1.807) is 12.1 Å². The van der Waals surface area contributed by atoms with E-state index in [0.717, 1.165) is 18.5 Å². The van der Waals surface area contributed by atoms with Crippen molar-refractivity contribution in [3.63, 3.8) is 0 Å². The highest BCUT2D eigenvalue weighted by Crippen LogP contribution is 2.09. The van der Waals surface area contributed by atoms with E-state index < -0.39 is 0 Å². The van der Waals surface area contributed by atoms with Crippen LogP contribution in [0.3, 0.4) is 0 Å². The summed E-state index contributed by atoms with van der Waals surface area (Å²) in [6.45, 7) is 3.10. The third kappa shape index (κ3) is 5.45. The molecule has 0 aliphatic carbocycles. The summed E-state index contributed by atoms with van der Waals surface area (Å²) in [4.78, 5) is 11.7. The van der Waals surface area contributed by atoms with Gasteiger partial charge < -0.3 is 10.6 Å². The molecule has 100 valence electrons. The summed E-state index contributed by atoms with van der Waals surface area (Å²) in [5.41, 5.74) is 0.999. The second-order valence-corrected chi connectivity index (χ2v) is 4.37. The van der Waals surface area contributed by atoms with Crippen LogP contribution in [0, 0.1) is 11.3 Å². The minimum absolute atomic E-state index is 0.0717. The molecule has 0 aliphatic rings. The van der Waals surface area contributed by atoms with Crippen LogP contribution in [0.2, 0.25) is 5.02 Å². The van der Waals surface area contributed by atoms with Crippen LogP contribution in [-0.2, 0) is 11.3 Å². The van der Waals surface area contributed by atoms with Gasteiger partial charge in [-0.15, -0.1) is 0 Å². The maximum atomic E-state index is 11.7. The number of carbonyl (C=O) groups is 1. The molecular formula is C14H16ClN3O. The van der Waals surface area contributed by atoms with Crippen molar-refractivity contribution in [2.24, 2.45) is 0 Å². The number of amides is 1. The van der Waals surface area contributed by atoms with Crippen LogP contribution in [0.1, 0.15) is 18.9 Å². The number of nitrogens with one attached hydrogen (secondary N) is 2. The number of nitrogens with zero attached hydrogens (tertiary/aromatic N) is 1. The van der Waals surface area contributed by atoms with Gasteiger partial charge in [-0.2, -0.15) is 5.26 Å². The molecule has 4 nitrogen and oxygen atoms in total. The monoisotopic (exact) mass is 277 g/mol. The molecule has 19 heavy (non-hydrogen) atoms. The molecule has 0 atom stereocenters.